The maximum atomic E-state index is 11.1. The van der Waals surface area contributed by atoms with Crippen LogP contribution in [0.2, 0.25) is 0 Å². The Labute approximate surface area is 177 Å². The highest BCUT2D eigenvalue weighted by Crippen LogP contribution is 2.30. The number of hydrogen-bond acceptors (Lipinski definition) is 3. The van der Waals surface area contributed by atoms with Gasteiger partial charge in [0.1, 0.15) is 11.9 Å². The third-order valence-electron chi connectivity index (χ3n) is 5.04. The van der Waals surface area contributed by atoms with E-state index < -0.39 is 5.97 Å². The molecule has 2 N–H and O–H groups in total. The lowest BCUT2D eigenvalue weighted by Gasteiger charge is -2.17. The minimum Gasteiger partial charge on any atom is -0.486 e. The highest BCUT2D eigenvalue weighted by atomic mass is 16.5. The molecule has 5 nitrogen and oxygen atoms in total. The van der Waals surface area contributed by atoms with Crippen molar-refractivity contribution in [3.8, 4) is 17.6 Å². The van der Waals surface area contributed by atoms with Gasteiger partial charge in [-0.2, -0.15) is 5.10 Å². The van der Waals surface area contributed by atoms with E-state index in [0.717, 1.165) is 39.9 Å². The van der Waals surface area contributed by atoms with Gasteiger partial charge in [0.2, 0.25) is 0 Å². The van der Waals surface area contributed by atoms with Gasteiger partial charge in [0.15, 0.2) is 0 Å². The number of ether oxygens (including phenoxy) is 1. The van der Waals surface area contributed by atoms with Gasteiger partial charge in [-0.1, -0.05) is 50.1 Å². The van der Waals surface area contributed by atoms with Crippen LogP contribution in [0.25, 0.3) is 10.9 Å². The van der Waals surface area contributed by atoms with Gasteiger partial charge in [-0.3, -0.25) is 9.89 Å². The normalized spacial score (nSPS) is 13.0. The first-order chi connectivity index (χ1) is 14.4. The quantitative estimate of drug-likeness (QED) is 0.487. The van der Waals surface area contributed by atoms with Gasteiger partial charge in [-0.25, -0.2) is 0 Å². The lowest BCUT2D eigenvalue weighted by Crippen LogP contribution is -2.06. The van der Waals surface area contributed by atoms with Gasteiger partial charge in [-0.05, 0) is 43.9 Å². The van der Waals surface area contributed by atoms with Gasteiger partial charge in [-0.15, -0.1) is 5.92 Å². The van der Waals surface area contributed by atoms with E-state index in [9.17, 15) is 4.79 Å². The van der Waals surface area contributed by atoms with Gasteiger partial charge < -0.3 is 9.84 Å². The monoisotopic (exact) mass is 404 g/mol. The predicted octanol–water partition coefficient (Wildman–Crippen LogP) is 5.48. The minimum atomic E-state index is -0.860. The highest BCUT2D eigenvalue weighted by Gasteiger charge is 2.17. The van der Waals surface area contributed by atoms with Crippen LogP contribution in [0.4, 0.5) is 0 Å². The van der Waals surface area contributed by atoms with E-state index in [-0.39, 0.29) is 18.4 Å². The van der Waals surface area contributed by atoms with Crippen molar-refractivity contribution in [1.82, 2.24) is 10.2 Å². The van der Waals surface area contributed by atoms with Crippen LogP contribution >= 0.6 is 0 Å². The van der Waals surface area contributed by atoms with Crippen molar-refractivity contribution >= 4 is 16.9 Å². The number of benzene rings is 2. The zero-order chi connectivity index (χ0) is 21.7. The minimum absolute atomic E-state index is 0.0159. The molecule has 0 fully saturated rings. The van der Waals surface area contributed by atoms with Crippen LogP contribution in [0.15, 0.2) is 42.5 Å². The standard InChI is InChI=1S/C25H28N2O3/c1-5-7-19(15-24(28)29)18-10-12-20(13-11-18)30-17(4)21-8-6-9-22-23(14-16(2)3)26-27-25(21)22/h6,8-13,16-17,19H,14-15H2,1-4H3,(H,26,27)(H,28,29)/t17-,19?/m0/s1. The number of fused-ring (bicyclic) bond motifs is 1. The third-order valence-corrected chi connectivity index (χ3v) is 5.04. The highest BCUT2D eigenvalue weighted by molar-refractivity contribution is 5.84. The average Bonchev–Trinajstić information content (AvgIpc) is 3.10. The molecule has 0 saturated carbocycles. The second-order valence-electron chi connectivity index (χ2n) is 7.91. The zero-order valence-corrected chi connectivity index (χ0v) is 17.9. The molecular formula is C25H28N2O3. The number of H-pyrrole nitrogens is 1. The lowest BCUT2D eigenvalue weighted by molar-refractivity contribution is -0.137. The number of nitrogens with zero attached hydrogens (tertiary/aromatic N) is 1. The molecule has 0 amide bonds. The summed E-state index contributed by atoms with van der Waals surface area (Å²) in [5.41, 5.74) is 4.03. The number of aromatic nitrogens is 2. The van der Waals surface area contributed by atoms with Crippen molar-refractivity contribution in [2.24, 2.45) is 5.92 Å². The first kappa shape index (κ1) is 21.4. The van der Waals surface area contributed by atoms with Crippen molar-refractivity contribution < 1.29 is 14.6 Å². The number of rotatable bonds is 8. The Morgan fingerprint density at radius 1 is 1.17 bits per heavy atom. The first-order valence-electron chi connectivity index (χ1n) is 10.3. The van der Waals surface area contributed by atoms with Crippen molar-refractivity contribution in [1.29, 1.82) is 0 Å². The molecule has 1 aromatic heterocycles. The summed E-state index contributed by atoms with van der Waals surface area (Å²) in [6.07, 6.45) is 0.744. The van der Waals surface area contributed by atoms with E-state index in [1.165, 1.54) is 0 Å². The second kappa shape index (κ2) is 9.49. The van der Waals surface area contributed by atoms with E-state index in [1.54, 1.807) is 6.92 Å². The number of para-hydroxylation sites is 1. The van der Waals surface area contributed by atoms with Crippen LogP contribution in [0.1, 0.15) is 63.0 Å². The fourth-order valence-corrected chi connectivity index (χ4v) is 3.65. The SMILES string of the molecule is CC#CC(CC(=O)O)c1ccc(O[C@@H](C)c2cccc3c(CC(C)C)n[nH]c23)cc1. The van der Waals surface area contributed by atoms with Gasteiger partial charge in [0.25, 0.3) is 0 Å². The summed E-state index contributed by atoms with van der Waals surface area (Å²) in [7, 11) is 0. The molecule has 0 radical (unpaired) electrons. The van der Waals surface area contributed by atoms with E-state index >= 15 is 0 Å². The number of carboxylic acid groups (broad SMARTS) is 1. The Morgan fingerprint density at radius 3 is 2.53 bits per heavy atom. The van der Waals surface area contributed by atoms with E-state index in [1.807, 2.05) is 37.3 Å². The Balaban J connectivity index is 1.79. The summed E-state index contributed by atoms with van der Waals surface area (Å²) in [4.78, 5) is 11.1. The summed E-state index contributed by atoms with van der Waals surface area (Å²) in [6.45, 7) is 8.11. The zero-order valence-electron chi connectivity index (χ0n) is 17.9. The second-order valence-corrected chi connectivity index (χ2v) is 7.91. The number of carbonyl (C=O) groups is 1. The summed E-state index contributed by atoms with van der Waals surface area (Å²) in [5, 5.41) is 17.9. The molecule has 3 aromatic rings. The Morgan fingerprint density at radius 2 is 1.90 bits per heavy atom. The number of carboxylic acids is 1. The molecule has 30 heavy (non-hydrogen) atoms. The van der Waals surface area contributed by atoms with Crippen LogP contribution in [0.5, 0.6) is 5.75 Å². The molecule has 0 bridgehead atoms. The molecule has 0 aliphatic heterocycles. The van der Waals surface area contributed by atoms with Crippen LogP contribution in [-0.4, -0.2) is 21.3 Å². The molecule has 1 unspecified atom stereocenters. The fourth-order valence-electron chi connectivity index (χ4n) is 3.65. The first-order valence-corrected chi connectivity index (χ1v) is 10.3. The van der Waals surface area contributed by atoms with Crippen LogP contribution in [0, 0.1) is 17.8 Å². The van der Waals surface area contributed by atoms with E-state index in [0.29, 0.717) is 5.92 Å². The fraction of sp³-hybridized carbons (Fsp3) is 0.360. The van der Waals surface area contributed by atoms with Gasteiger partial charge >= 0.3 is 5.97 Å². The molecule has 0 spiro atoms. The summed E-state index contributed by atoms with van der Waals surface area (Å²) in [6, 6.07) is 13.7. The summed E-state index contributed by atoms with van der Waals surface area (Å²) in [5.74, 6) is 5.87. The van der Waals surface area contributed by atoms with Crippen LogP contribution in [-0.2, 0) is 11.2 Å². The average molecular weight is 405 g/mol. The molecule has 5 heteroatoms. The largest absolute Gasteiger partial charge is 0.486 e. The molecule has 0 saturated heterocycles. The van der Waals surface area contributed by atoms with E-state index in [2.05, 4.69) is 48.0 Å². The molecule has 0 aliphatic rings. The summed E-state index contributed by atoms with van der Waals surface area (Å²) >= 11 is 0. The predicted molar refractivity (Wildman–Crippen MR) is 119 cm³/mol. The molecule has 2 aromatic carbocycles. The van der Waals surface area contributed by atoms with Crippen molar-refractivity contribution in [3.63, 3.8) is 0 Å². The van der Waals surface area contributed by atoms with Crippen molar-refractivity contribution in [2.75, 3.05) is 0 Å². The smallest absolute Gasteiger partial charge is 0.304 e. The maximum absolute atomic E-state index is 11.1. The lowest BCUT2D eigenvalue weighted by atomic mass is 9.96. The Kier molecular flexibility index (Phi) is 6.79. The van der Waals surface area contributed by atoms with Crippen molar-refractivity contribution in [3.05, 3.63) is 59.3 Å². The Bertz CT molecular complexity index is 1070. The number of hydrogen-bond donors (Lipinski definition) is 2. The number of nitrogens with one attached hydrogen (secondary N) is 1. The maximum Gasteiger partial charge on any atom is 0.304 e. The van der Waals surface area contributed by atoms with Crippen LogP contribution in [0.3, 0.4) is 0 Å². The summed E-state index contributed by atoms with van der Waals surface area (Å²) < 4.78 is 6.17. The number of aliphatic carboxylic acids is 1. The molecule has 3 rings (SSSR count). The molecule has 0 aliphatic carbocycles. The van der Waals surface area contributed by atoms with Crippen molar-refractivity contribution in [2.45, 2.75) is 52.6 Å². The molecule has 1 heterocycles. The Hall–Kier alpha value is -3.26. The number of aromatic amines is 1. The van der Waals surface area contributed by atoms with Crippen LogP contribution < -0.4 is 4.74 Å². The van der Waals surface area contributed by atoms with Gasteiger partial charge in [0.05, 0.1) is 23.5 Å². The topological polar surface area (TPSA) is 75.2 Å². The molecule has 156 valence electrons. The van der Waals surface area contributed by atoms with Gasteiger partial charge in [0, 0.05) is 10.9 Å². The third kappa shape index (κ3) is 5.01. The van der Waals surface area contributed by atoms with E-state index in [4.69, 9.17) is 9.84 Å². The molecular weight excluding hydrogens is 376 g/mol. The molecule has 2 atom stereocenters.